The number of hydrogen-bond acceptors (Lipinski definition) is 2. The third kappa shape index (κ3) is 4.52. The van der Waals surface area contributed by atoms with Gasteiger partial charge in [0.25, 0.3) is 0 Å². The highest BCUT2D eigenvalue weighted by Crippen LogP contribution is 2.18. The molecule has 1 atom stereocenters. The Morgan fingerprint density at radius 3 is 2.81 bits per heavy atom. The van der Waals surface area contributed by atoms with Gasteiger partial charge in [0.05, 0.1) is 12.6 Å². The van der Waals surface area contributed by atoms with Crippen LogP contribution in [0.4, 0.5) is 0 Å². The van der Waals surface area contributed by atoms with Gasteiger partial charge in [-0.3, -0.25) is 0 Å². The molecule has 1 rings (SSSR count). The van der Waals surface area contributed by atoms with Gasteiger partial charge in [-0.25, -0.2) is 0 Å². The third-order valence-electron chi connectivity index (χ3n) is 2.38. The van der Waals surface area contributed by atoms with Crippen LogP contribution in [0.5, 0.6) is 0 Å². The highest BCUT2D eigenvalue weighted by atomic mass is 35.5. The van der Waals surface area contributed by atoms with Gasteiger partial charge in [0.15, 0.2) is 0 Å². The number of ether oxygens (including phenoxy) is 1. The monoisotopic (exact) mass is 241 g/mol. The van der Waals surface area contributed by atoms with Crippen molar-refractivity contribution in [3.8, 4) is 0 Å². The smallest absolute Gasteiger partial charge is 0.0661 e. The molecule has 16 heavy (non-hydrogen) atoms. The van der Waals surface area contributed by atoms with Crippen LogP contribution in [0.1, 0.15) is 31.9 Å². The summed E-state index contributed by atoms with van der Waals surface area (Å²) in [7, 11) is 0. The zero-order chi connectivity index (χ0) is 11.8. The lowest BCUT2D eigenvalue weighted by molar-refractivity contribution is 0.123. The van der Waals surface area contributed by atoms with Crippen molar-refractivity contribution in [3.63, 3.8) is 0 Å². The lowest BCUT2D eigenvalue weighted by Crippen LogP contribution is -2.26. The van der Waals surface area contributed by atoms with Gasteiger partial charge in [-0.1, -0.05) is 30.7 Å². The van der Waals surface area contributed by atoms with E-state index >= 15 is 0 Å². The number of hydrogen-bond donors (Lipinski definition) is 1. The van der Waals surface area contributed by atoms with Gasteiger partial charge in [-0.05, 0) is 37.6 Å². The molecule has 3 heteroatoms. The molecule has 0 saturated heterocycles. The first kappa shape index (κ1) is 13.5. The second-order valence-electron chi connectivity index (χ2n) is 3.72. The van der Waals surface area contributed by atoms with Gasteiger partial charge in [-0.2, -0.15) is 0 Å². The largest absolute Gasteiger partial charge is 0.380 e. The van der Waals surface area contributed by atoms with Crippen molar-refractivity contribution in [2.75, 3.05) is 19.8 Å². The molecule has 0 aromatic heterocycles. The topological polar surface area (TPSA) is 21.3 Å². The Balaban J connectivity index is 2.66. The van der Waals surface area contributed by atoms with Crippen molar-refractivity contribution in [1.82, 2.24) is 5.32 Å². The Kier molecular flexibility index (Phi) is 6.46. The molecule has 0 aliphatic carbocycles. The van der Waals surface area contributed by atoms with E-state index in [2.05, 4.69) is 18.3 Å². The molecule has 1 aromatic rings. The van der Waals surface area contributed by atoms with E-state index in [0.29, 0.717) is 6.61 Å². The number of nitrogens with one attached hydrogen (secondary N) is 1. The molecule has 0 heterocycles. The Morgan fingerprint density at radius 1 is 1.38 bits per heavy atom. The van der Waals surface area contributed by atoms with Gasteiger partial charge in [0.2, 0.25) is 0 Å². The Hall–Kier alpha value is -0.570. The van der Waals surface area contributed by atoms with Crippen molar-refractivity contribution < 1.29 is 4.74 Å². The maximum Gasteiger partial charge on any atom is 0.0661 e. The number of benzene rings is 1. The molecule has 0 aliphatic heterocycles. The van der Waals surface area contributed by atoms with Crippen LogP contribution in [0.25, 0.3) is 0 Å². The summed E-state index contributed by atoms with van der Waals surface area (Å²) in [5.41, 5.74) is 1.19. The molecule has 0 bridgehead atoms. The summed E-state index contributed by atoms with van der Waals surface area (Å²) in [5, 5.41) is 4.24. The van der Waals surface area contributed by atoms with Crippen LogP contribution in [0, 0.1) is 0 Å². The Bertz CT molecular complexity index is 296. The summed E-state index contributed by atoms with van der Waals surface area (Å²) >= 11 is 5.99. The zero-order valence-corrected chi connectivity index (χ0v) is 10.8. The van der Waals surface area contributed by atoms with E-state index in [1.165, 1.54) is 5.56 Å². The average molecular weight is 242 g/mol. The van der Waals surface area contributed by atoms with E-state index in [1.807, 2.05) is 25.1 Å². The second-order valence-corrected chi connectivity index (χ2v) is 4.16. The van der Waals surface area contributed by atoms with Crippen molar-refractivity contribution in [2.24, 2.45) is 0 Å². The van der Waals surface area contributed by atoms with Crippen LogP contribution in [0.3, 0.4) is 0 Å². The average Bonchev–Trinajstić information content (AvgIpc) is 2.29. The van der Waals surface area contributed by atoms with E-state index in [9.17, 15) is 0 Å². The highest BCUT2D eigenvalue weighted by Gasteiger charge is 2.10. The predicted molar refractivity (Wildman–Crippen MR) is 69.0 cm³/mol. The minimum absolute atomic E-state index is 0.235. The Morgan fingerprint density at radius 2 is 2.19 bits per heavy atom. The highest BCUT2D eigenvalue weighted by molar-refractivity contribution is 6.30. The first-order valence-corrected chi connectivity index (χ1v) is 6.22. The predicted octanol–water partition coefficient (Wildman–Crippen LogP) is 3.42. The van der Waals surface area contributed by atoms with Crippen LogP contribution in [0.15, 0.2) is 24.3 Å². The fourth-order valence-electron chi connectivity index (χ4n) is 1.55. The summed E-state index contributed by atoms with van der Waals surface area (Å²) < 4.78 is 5.48. The van der Waals surface area contributed by atoms with E-state index in [4.69, 9.17) is 16.3 Å². The molecule has 0 spiro atoms. The SMILES string of the molecule is CCCNC(COCC)c1cccc(Cl)c1. The van der Waals surface area contributed by atoms with E-state index in [-0.39, 0.29) is 6.04 Å². The van der Waals surface area contributed by atoms with Crippen LogP contribution in [-0.4, -0.2) is 19.8 Å². The lowest BCUT2D eigenvalue weighted by atomic mass is 10.1. The van der Waals surface area contributed by atoms with Crippen molar-refractivity contribution >= 4 is 11.6 Å². The molecule has 0 amide bonds. The first-order chi connectivity index (χ1) is 7.77. The van der Waals surface area contributed by atoms with Gasteiger partial charge < -0.3 is 10.1 Å². The summed E-state index contributed by atoms with van der Waals surface area (Å²) in [4.78, 5) is 0. The molecule has 0 fully saturated rings. The van der Waals surface area contributed by atoms with Gasteiger partial charge in [0, 0.05) is 11.6 Å². The summed E-state index contributed by atoms with van der Waals surface area (Å²) in [6, 6.07) is 8.18. The minimum atomic E-state index is 0.235. The van der Waals surface area contributed by atoms with Crippen LogP contribution >= 0.6 is 11.6 Å². The second kappa shape index (κ2) is 7.66. The Labute approximate surface area is 103 Å². The number of rotatable bonds is 7. The van der Waals surface area contributed by atoms with Crippen molar-refractivity contribution in [1.29, 1.82) is 0 Å². The lowest BCUT2D eigenvalue weighted by Gasteiger charge is -2.18. The van der Waals surface area contributed by atoms with E-state index in [0.717, 1.165) is 24.6 Å². The molecule has 1 aromatic carbocycles. The molecule has 0 aliphatic rings. The molecular weight excluding hydrogens is 222 g/mol. The first-order valence-electron chi connectivity index (χ1n) is 5.84. The fraction of sp³-hybridized carbons (Fsp3) is 0.538. The van der Waals surface area contributed by atoms with Crippen LogP contribution in [0.2, 0.25) is 5.02 Å². The summed E-state index contributed by atoms with van der Waals surface area (Å²) in [6.07, 6.45) is 1.11. The van der Waals surface area contributed by atoms with Gasteiger partial charge >= 0.3 is 0 Å². The molecule has 0 radical (unpaired) electrons. The standard InChI is InChI=1S/C13H20ClNO/c1-3-8-15-13(10-16-4-2)11-6-5-7-12(14)9-11/h5-7,9,13,15H,3-4,8,10H2,1-2H3. The van der Waals surface area contributed by atoms with E-state index < -0.39 is 0 Å². The fourth-order valence-corrected chi connectivity index (χ4v) is 1.75. The zero-order valence-electron chi connectivity index (χ0n) is 10.0. The summed E-state index contributed by atoms with van der Waals surface area (Å²) in [6.45, 7) is 6.59. The molecular formula is C13H20ClNO. The third-order valence-corrected chi connectivity index (χ3v) is 2.62. The quantitative estimate of drug-likeness (QED) is 0.790. The minimum Gasteiger partial charge on any atom is -0.380 e. The molecule has 0 saturated carbocycles. The normalized spacial score (nSPS) is 12.7. The van der Waals surface area contributed by atoms with Crippen molar-refractivity contribution in [3.05, 3.63) is 34.9 Å². The number of halogens is 1. The maximum absolute atomic E-state index is 5.99. The molecule has 2 nitrogen and oxygen atoms in total. The van der Waals surface area contributed by atoms with Crippen molar-refractivity contribution in [2.45, 2.75) is 26.3 Å². The molecule has 90 valence electrons. The molecule has 1 unspecified atom stereocenters. The van der Waals surface area contributed by atoms with Crippen LogP contribution in [-0.2, 0) is 4.74 Å². The van der Waals surface area contributed by atoms with Crippen LogP contribution < -0.4 is 5.32 Å². The van der Waals surface area contributed by atoms with E-state index in [1.54, 1.807) is 0 Å². The van der Waals surface area contributed by atoms with Gasteiger partial charge in [0.1, 0.15) is 0 Å². The van der Waals surface area contributed by atoms with Gasteiger partial charge in [-0.15, -0.1) is 0 Å². The molecule has 1 N–H and O–H groups in total. The maximum atomic E-state index is 5.99. The summed E-state index contributed by atoms with van der Waals surface area (Å²) in [5.74, 6) is 0.